The van der Waals surface area contributed by atoms with Gasteiger partial charge in [-0.1, -0.05) is 48.5 Å². The van der Waals surface area contributed by atoms with E-state index in [9.17, 15) is 0 Å². The van der Waals surface area contributed by atoms with Gasteiger partial charge in [-0.2, -0.15) is 0 Å². The van der Waals surface area contributed by atoms with Crippen LogP contribution in [0, 0.1) is 0 Å². The molecule has 94 valence electrons. The minimum absolute atomic E-state index is 0.886. The van der Waals surface area contributed by atoms with Gasteiger partial charge in [-0.05, 0) is 17.5 Å². The van der Waals surface area contributed by atoms with Crippen LogP contribution in [0.2, 0.25) is 0 Å². The monoisotopic (exact) mass is 250 g/mol. The second kappa shape index (κ2) is 4.73. The highest BCUT2D eigenvalue weighted by atomic mass is 16.3. The average molecular weight is 250 g/mol. The normalized spacial score (nSPS) is 10.6. The Balaban J connectivity index is 2.39. The van der Waals surface area contributed by atoms with Crippen molar-refractivity contribution in [3.05, 3.63) is 66.2 Å². The number of rotatable bonds is 1. The summed E-state index contributed by atoms with van der Waals surface area (Å²) in [5, 5.41) is 2.32. The van der Waals surface area contributed by atoms with Crippen LogP contribution in [0.4, 0.5) is 0 Å². The maximum Gasteiger partial charge on any atom is 0.375 e. The maximum atomic E-state index is 6.06. The van der Waals surface area contributed by atoms with Crippen LogP contribution in [0.3, 0.4) is 0 Å². The van der Waals surface area contributed by atoms with E-state index in [4.69, 9.17) is 4.42 Å². The predicted octanol–water partition coefficient (Wildman–Crippen LogP) is 3.13. The topological polar surface area (TPSA) is 16.1 Å². The highest BCUT2D eigenvalue weighted by Crippen LogP contribution is 2.21. The molecular formula is C17H16NO+. The summed E-state index contributed by atoms with van der Waals surface area (Å²) in [6.07, 6.45) is 0. The summed E-state index contributed by atoms with van der Waals surface area (Å²) in [6.45, 7) is 0. The van der Waals surface area contributed by atoms with Gasteiger partial charge in [-0.15, -0.1) is 0 Å². The Bertz CT molecular complexity index is 781. The summed E-state index contributed by atoms with van der Waals surface area (Å²) in [4.78, 5) is 0. The number of hydrogen-bond acceptors (Lipinski definition) is 1. The molecule has 0 spiro atoms. The lowest BCUT2D eigenvalue weighted by molar-refractivity contribution is 0.476. The molecular weight excluding hydrogens is 234 g/mol. The molecule has 2 heteroatoms. The van der Waals surface area contributed by atoms with Crippen molar-refractivity contribution in [2.75, 3.05) is 14.1 Å². The second-order valence-corrected chi connectivity index (χ2v) is 4.76. The molecule has 1 heterocycles. The van der Waals surface area contributed by atoms with Gasteiger partial charge in [0.15, 0.2) is 0 Å². The largest absolute Gasteiger partial charge is 0.404 e. The fraction of sp³-hybridized carbons (Fsp3) is 0.118. The molecule has 1 aromatic heterocycles. The van der Waals surface area contributed by atoms with Gasteiger partial charge in [0.05, 0.1) is 5.39 Å². The summed E-state index contributed by atoms with van der Waals surface area (Å²) >= 11 is 0. The van der Waals surface area contributed by atoms with Gasteiger partial charge in [-0.25, -0.2) is 4.58 Å². The van der Waals surface area contributed by atoms with Crippen LogP contribution in [0.5, 0.6) is 0 Å². The summed E-state index contributed by atoms with van der Waals surface area (Å²) in [5.41, 5.74) is 1.98. The van der Waals surface area contributed by atoms with Gasteiger partial charge >= 0.3 is 5.55 Å². The summed E-state index contributed by atoms with van der Waals surface area (Å²) in [6, 6.07) is 20.6. The van der Waals surface area contributed by atoms with E-state index in [0.29, 0.717) is 0 Å². The van der Waals surface area contributed by atoms with E-state index in [-0.39, 0.29) is 0 Å². The summed E-state index contributed by atoms with van der Waals surface area (Å²) in [5.74, 6) is 0.892. The Morgan fingerprint density at radius 2 is 1.53 bits per heavy atom. The summed E-state index contributed by atoms with van der Waals surface area (Å²) < 4.78 is 8.07. The van der Waals surface area contributed by atoms with Crippen LogP contribution in [-0.2, 0) is 0 Å². The summed E-state index contributed by atoms with van der Waals surface area (Å²) in [7, 11) is 4.00. The third-order valence-electron chi connectivity index (χ3n) is 3.15. The fourth-order valence-corrected chi connectivity index (χ4v) is 2.22. The Morgan fingerprint density at radius 3 is 2.26 bits per heavy atom. The lowest BCUT2D eigenvalue weighted by Gasteiger charge is -2.02. The molecule has 0 saturated carbocycles. The number of nitrogens with zero attached hydrogens (tertiary/aromatic N) is 1. The van der Waals surface area contributed by atoms with Crippen LogP contribution in [0.15, 0.2) is 65.1 Å². The number of hydrogen-bond donors (Lipinski definition) is 0. The maximum absolute atomic E-state index is 6.06. The molecule has 0 aliphatic heterocycles. The zero-order valence-corrected chi connectivity index (χ0v) is 11.1. The minimum atomic E-state index is 0.886. The van der Waals surface area contributed by atoms with E-state index < -0.39 is 0 Å². The molecule has 0 atom stereocenters. The van der Waals surface area contributed by atoms with E-state index in [1.807, 2.05) is 42.9 Å². The second-order valence-electron chi connectivity index (χ2n) is 4.76. The minimum Gasteiger partial charge on any atom is -0.404 e. The quantitative estimate of drug-likeness (QED) is 0.606. The van der Waals surface area contributed by atoms with Crippen LogP contribution in [0.1, 0.15) is 0 Å². The smallest absolute Gasteiger partial charge is 0.375 e. The first-order chi connectivity index (χ1) is 9.25. The molecule has 2 aromatic carbocycles. The molecule has 2 nitrogen and oxygen atoms in total. The van der Waals surface area contributed by atoms with E-state index in [2.05, 4.69) is 36.4 Å². The fourth-order valence-electron chi connectivity index (χ4n) is 2.22. The molecule has 0 fully saturated rings. The Morgan fingerprint density at radius 1 is 0.842 bits per heavy atom. The molecule has 0 N–H and O–H groups in total. The van der Waals surface area contributed by atoms with E-state index >= 15 is 0 Å². The lowest BCUT2D eigenvalue weighted by Crippen LogP contribution is -2.22. The standard InChI is InChI=1S/C17H16NO/c1-18(2)17-15-11-7-6-10-14(15)12-16(19-17)13-8-4-3-5-9-13/h3-12H,1-2H3/q+1. The van der Waals surface area contributed by atoms with Crippen LogP contribution < -0.4 is 10.1 Å². The van der Waals surface area contributed by atoms with Crippen molar-refractivity contribution in [2.24, 2.45) is 0 Å². The lowest BCUT2D eigenvalue weighted by atomic mass is 10.1. The van der Waals surface area contributed by atoms with Gasteiger partial charge in [0.2, 0.25) is 0 Å². The average Bonchev–Trinajstić information content (AvgIpc) is 2.47. The molecule has 3 aromatic rings. The van der Waals surface area contributed by atoms with Crippen molar-refractivity contribution >= 4 is 10.8 Å². The van der Waals surface area contributed by atoms with Gasteiger partial charge in [-0.3, -0.25) is 0 Å². The highest BCUT2D eigenvalue weighted by molar-refractivity contribution is 5.83. The van der Waals surface area contributed by atoms with Crippen molar-refractivity contribution < 1.29 is 4.42 Å². The van der Waals surface area contributed by atoms with Gasteiger partial charge < -0.3 is 4.42 Å². The molecule has 3 rings (SSSR count). The third-order valence-corrected chi connectivity index (χ3v) is 3.15. The highest BCUT2D eigenvalue weighted by Gasteiger charge is 2.08. The van der Waals surface area contributed by atoms with Gasteiger partial charge in [0, 0.05) is 5.56 Å². The van der Waals surface area contributed by atoms with Crippen molar-refractivity contribution in [3.63, 3.8) is 0 Å². The van der Waals surface area contributed by atoms with E-state index in [1.165, 1.54) is 5.39 Å². The molecule has 0 bridgehead atoms. The molecule has 0 aliphatic rings. The Labute approximate surface area is 112 Å². The molecule has 0 radical (unpaired) electrons. The molecule has 0 amide bonds. The predicted molar refractivity (Wildman–Crippen MR) is 78.8 cm³/mol. The zero-order chi connectivity index (χ0) is 13.2. The molecule has 0 unspecified atom stereocenters. The number of fused-ring (bicyclic) bond motifs is 1. The van der Waals surface area contributed by atoms with Crippen molar-refractivity contribution in [1.82, 2.24) is 4.58 Å². The first-order valence-corrected chi connectivity index (χ1v) is 6.34. The Hall–Kier alpha value is -2.35. The van der Waals surface area contributed by atoms with E-state index in [0.717, 1.165) is 22.3 Å². The van der Waals surface area contributed by atoms with Crippen molar-refractivity contribution in [3.8, 4) is 11.3 Å². The molecule has 19 heavy (non-hydrogen) atoms. The SMILES string of the molecule is C[N+](C)=c1oc(-c2ccccc2)cc2ccccc12. The third kappa shape index (κ3) is 2.17. The van der Waals surface area contributed by atoms with Crippen molar-refractivity contribution in [1.29, 1.82) is 0 Å². The number of benzene rings is 2. The zero-order valence-electron chi connectivity index (χ0n) is 11.1. The first kappa shape index (κ1) is 11.7. The van der Waals surface area contributed by atoms with Gasteiger partial charge in [0.25, 0.3) is 0 Å². The van der Waals surface area contributed by atoms with Gasteiger partial charge in [0.1, 0.15) is 19.9 Å². The first-order valence-electron chi connectivity index (χ1n) is 6.34. The van der Waals surface area contributed by atoms with Crippen LogP contribution >= 0.6 is 0 Å². The van der Waals surface area contributed by atoms with Crippen LogP contribution in [-0.4, -0.2) is 14.1 Å². The van der Waals surface area contributed by atoms with Crippen molar-refractivity contribution in [2.45, 2.75) is 0 Å². The van der Waals surface area contributed by atoms with Crippen LogP contribution in [0.25, 0.3) is 22.1 Å². The molecule has 0 saturated heterocycles. The molecule has 0 aliphatic carbocycles. The van der Waals surface area contributed by atoms with E-state index in [1.54, 1.807) is 0 Å². The Kier molecular flexibility index (Phi) is 2.92.